The number of nitrogens with two attached hydrogens (primary N) is 1. The molecule has 2 aromatic carbocycles. The van der Waals surface area contributed by atoms with Gasteiger partial charge in [-0.25, -0.2) is 9.59 Å². The first-order valence-corrected chi connectivity index (χ1v) is 9.43. The number of primary amides is 1. The summed E-state index contributed by atoms with van der Waals surface area (Å²) in [5, 5.41) is 5.18. The number of rotatable bonds is 8. The summed E-state index contributed by atoms with van der Waals surface area (Å²) >= 11 is 0. The van der Waals surface area contributed by atoms with Crippen molar-refractivity contribution < 1.29 is 19.1 Å². The van der Waals surface area contributed by atoms with Gasteiger partial charge in [0, 0.05) is 12.1 Å². The lowest BCUT2D eigenvalue weighted by Gasteiger charge is -2.18. The summed E-state index contributed by atoms with van der Waals surface area (Å²) in [5.41, 5.74) is 8.64. The van der Waals surface area contributed by atoms with Crippen LogP contribution < -0.4 is 16.4 Å². The first-order valence-electron chi connectivity index (χ1n) is 9.43. The molecule has 3 amide bonds. The lowest BCUT2D eigenvalue weighted by Crippen LogP contribution is -2.46. The third kappa shape index (κ3) is 6.64. The second kappa shape index (κ2) is 10.3. The molecule has 0 heterocycles. The van der Waals surface area contributed by atoms with E-state index in [1.54, 1.807) is 0 Å². The van der Waals surface area contributed by atoms with Gasteiger partial charge in [0.2, 0.25) is 0 Å². The van der Waals surface area contributed by atoms with Gasteiger partial charge < -0.3 is 21.1 Å². The Morgan fingerprint density at radius 1 is 1.03 bits per heavy atom. The van der Waals surface area contributed by atoms with Gasteiger partial charge in [-0.1, -0.05) is 62.4 Å². The first-order chi connectivity index (χ1) is 13.8. The van der Waals surface area contributed by atoms with E-state index in [2.05, 4.69) is 10.6 Å². The molecule has 0 saturated carbocycles. The number of esters is 1. The fourth-order valence-corrected chi connectivity index (χ4v) is 2.97. The van der Waals surface area contributed by atoms with E-state index in [9.17, 15) is 14.4 Å². The van der Waals surface area contributed by atoms with E-state index in [1.807, 2.05) is 69.3 Å². The fraction of sp³-hybridized carbons (Fsp3) is 0.318. The van der Waals surface area contributed by atoms with Gasteiger partial charge in [-0.05, 0) is 29.5 Å². The summed E-state index contributed by atoms with van der Waals surface area (Å²) < 4.78 is 5.13. The smallest absolute Gasteiger partial charge is 0.329 e. The van der Waals surface area contributed by atoms with E-state index in [-0.39, 0.29) is 12.3 Å². The number of hydrogen-bond donors (Lipinski definition) is 3. The number of urea groups is 1. The van der Waals surface area contributed by atoms with E-state index in [0.29, 0.717) is 0 Å². The van der Waals surface area contributed by atoms with Gasteiger partial charge >= 0.3 is 12.0 Å². The SMILES string of the molecule is Cc1cccc(C(C)C)c1NC(=O)COC(=O)[C@H](Cc1ccccc1)NC(N)=O. The van der Waals surface area contributed by atoms with Crippen LogP contribution in [-0.4, -0.2) is 30.6 Å². The number of para-hydroxylation sites is 1. The molecule has 0 aliphatic carbocycles. The monoisotopic (exact) mass is 397 g/mol. The highest BCUT2D eigenvalue weighted by Crippen LogP contribution is 2.27. The zero-order valence-electron chi connectivity index (χ0n) is 16.9. The predicted molar refractivity (Wildman–Crippen MR) is 112 cm³/mol. The van der Waals surface area contributed by atoms with Crippen molar-refractivity contribution >= 4 is 23.6 Å². The summed E-state index contributed by atoms with van der Waals surface area (Å²) in [6.45, 7) is 5.51. The van der Waals surface area contributed by atoms with Gasteiger partial charge in [0.05, 0.1) is 0 Å². The molecule has 2 aromatic rings. The van der Waals surface area contributed by atoms with Crippen LogP contribution in [0.1, 0.15) is 36.5 Å². The van der Waals surface area contributed by atoms with Gasteiger partial charge in [-0.2, -0.15) is 0 Å². The molecule has 0 unspecified atom stereocenters. The van der Waals surface area contributed by atoms with E-state index in [1.165, 1.54) is 0 Å². The van der Waals surface area contributed by atoms with Crippen LogP contribution in [0.4, 0.5) is 10.5 Å². The summed E-state index contributed by atoms with van der Waals surface area (Å²) in [6.07, 6.45) is 0.208. The third-order valence-corrected chi connectivity index (χ3v) is 4.42. The Morgan fingerprint density at radius 3 is 2.34 bits per heavy atom. The van der Waals surface area contributed by atoms with Crippen molar-refractivity contribution in [3.8, 4) is 0 Å². The van der Waals surface area contributed by atoms with E-state index in [4.69, 9.17) is 10.5 Å². The number of carbonyl (C=O) groups is 3. The molecular weight excluding hydrogens is 370 g/mol. The highest BCUT2D eigenvalue weighted by molar-refractivity contribution is 5.95. The van der Waals surface area contributed by atoms with Crippen molar-refractivity contribution in [3.05, 3.63) is 65.2 Å². The largest absolute Gasteiger partial charge is 0.454 e. The molecule has 0 aromatic heterocycles. The van der Waals surface area contributed by atoms with Crippen LogP contribution in [0.25, 0.3) is 0 Å². The molecule has 0 radical (unpaired) electrons. The van der Waals surface area contributed by atoms with E-state index >= 15 is 0 Å². The van der Waals surface area contributed by atoms with Gasteiger partial charge in [-0.15, -0.1) is 0 Å². The number of nitrogens with one attached hydrogen (secondary N) is 2. The molecule has 7 nitrogen and oxygen atoms in total. The van der Waals surface area contributed by atoms with Gasteiger partial charge in [0.1, 0.15) is 6.04 Å². The topological polar surface area (TPSA) is 111 Å². The first kappa shape index (κ1) is 21.9. The van der Waals surface area contributed by atoms with Crippen molar-refractivity contribution in [2.45, 2.75) is 39.2 Å². The fourth-order valence-electron chi connectivity index (χ4n) is 2.97. The molecular formula is C22H27N3O4. The average molecular weight is 397 g/mol. The number of hydrogen-bond acceptors (Lipinski definition) is 4. The molecule has 4 N–H and O–H groups in total. The molecule has 0 spiro atoms. The predicted octanol–water partition coefficient (Wildman–Crippen LogP) is 2.88. The normalized spacial score (nSPS) is 11.6. The minimum Gasteiger partial charge on any atom is -0.454 e. The van der Waals surface area contributed by atoms with Crippen LogP contribution in [0.3, 0.4) is 0 Å². The molecule has 7 heteroatoms. The zero-order chi connectivity index (χ0) is 21.4. The van der Waals surface area contributed by atoms with Gasteiger partial charge in [0.25, 0.3) is 5.91 Å². The Hall–Kier alpha value is -3.35. The lowest BCUT2D eigenvalue weighted by molar-refractivity contribution is -0.149. The Labute approximate surface area is 170 Å². The number of ether oxygens (including phenoxy) is 1. The summed E-state index contributed by atoms with van der Waals surface area (Å²) in [5.74, 6) is -0.952. The zero-order valence-corrected chi connectivity index (χ0v) is 16.9. The second-order valence-corrected chi connectivity index (χ2v) is 7.10. The molecule has 1 atom stereocenters. The number of aryl methyl sites for hydroxylation is 1. The van der Waals surface area contributed by atoms with Crippen molar-refractivity contribution in [1.82, 2.24) is 5.32 Å². The van der Waals surface area contributed by atoms with E-state index in [0.717, 1.165) is 22.4 Å². The summed E-state index contributed by atoms with van der Waals surface area (Å²) in [6, 6.07) is 13.1. The minimum atomic E-state index is -0.979. The minimum absolute atomic E-state index is 0.208. The molecule has 2 rings (SSSR count). The maximum Gasteiger partial charge on any atom is 0.329 e. The molecule has 0 saturated heterocycles. The molecule has 0 fully saturated rings. The second-order valence-electron chi connectivity index (χ2n) is 7.10. The third-order valence-electron chi connectivity index (χ3n) is 4.42. The van der Waals surface area contributed by atoms with Crippen LogP contribution in [0.2, 0.25) is 0 Å². The number of amides is 3. The van der Waals surface area contributed by atoms with Crippen molar-refractivity contribution in [2.24, 2.45) is 5.73 Å². The molecule has 154 valence electrons. The Bertz CT molecular complexity index is 866. The number of benzene rings is 2. The van der Waals surface area contributed by atoms with Crippen molar-refractivity contribution in [2.75, 3.05) is 11.9 Å². The highest BCUT2D eigenvalue weighted by Gasteiger charge is 2.23. The Kier molecular flexibility index (Phi) is 7.77. The maximum atomic E-state index is 12.4. The van der Waals surface area contributed by atoms with Crippen molar-refractivity contribution in [1.29, 1.82) is 0 Å². The average Bonchev–Trinajstić information content (AvgIpc) is 2.67. The van der Waals surface area contributed by atoms with Crippen LogP contribution in [0, 0.1) is 6.92 Å². The lowest BCUT2D eigenvalue weighted by atomic mass is 9.98. The van der Waals surface area contributed by atoms with Crippen LogP contribution in [0.15, 0.2) is 48.5 Å². The highest BCUT2D eigenvalue weighted by atomic mass is 16.5. The van der Waals surface area contributed by atoms with Gasteiger partial charge in [0.15, 0.2) is 6.61 Å². The molecule has 0 bridgehead atoms. The van der Waals surface area contributed by atoms with Crippen LogP contribution >= 0.6 is 0 Å². The van der Waals surface area contributed by atoms with Crippen molar-refractivity contribution in [3.63, 3.8) is 0 Å². The maximum absolute atomic E-state index is 12.4. The number of carbonyl (C=O) groups excluding carboxylic acids is 3. The summed E-state index contributed by atoms with van der Waals surface area (Å²) in [7, 11) is 0. The van der Waals surface area contributed by atoms with Gasteiger partial charge in [-0.3, -0.25) is 4.79 Å². The Morgan fingerprint density at radius 2 is 1.72 bits per heavy atom. The van der Waals surface area contributed by atoms with Crippen LogP contribution in [-0.2, 0) is 20.7 Å². The number of anilines is 1. The summed E-state index contributed by atoms with van der Waals surface area (Å²) in [4.78, 5) is 36.0. The van der Waals surface area contributed by atoms with E-state index < -0.39 is 30.6 Å². The molecule has 29 heavy (non-hydrogen) atoms. The quantitative estimate of drug-likeness (QED) is 0.595. The van der Waals surface area contributed by atoms with Crippen LogP contribution in [0.5, 0.6) is 0 Å². The molecule has 0 aliphatic heterocycles. The standard InChI is InChI=1S/C22H27N3O4/c1-14(2)17-11-7-8-15(3)20(17)25-19(26)13-29-21(27)18(24-22(23)28)12-16-9-5-4-6-10-16/h4-11,14,18H,12-13H2,1-3H3,(H,25,26)(H3,23,24,28)/t18-/m0/s1. The molecule has 0 aliphatic rings. The Balaban J connectivity index is 2.00.